The van der Waals surface area contributed by atoms with Gasteiger partial charge >= 0.3 is 6.18 Å². The van der Waals surface area contributed by atoms with Gasteiger partial charge in [0.15, 0.2) is 11.5 Å². The standard InChI is InChI=1S/C22H15ClF3NO2S/c1-28-20-11-17(7-8-19(20)29-13-14-5-3-2-4-6-14)30-21-15(12-27)9-16(23)10-18(21)22(24,25)26/h2-11H,13H2,1H3. The molecule has 30 heavy (non-hydrogen) atoms. The van der Waals surface area contributed by atoms with E-state index in [0.717, 1.165) is 23.4 Å². The molecule has 3 aromatic carbocycles. The van der Waals surface area contributed by atoms with Crippen molar-refractivity contribution in [2.45, 2.75) is 22.6 Å². The van der Waals surface area contributed by atoms with Gasteiger partial charge in [-0.1, -0.05) is 53.7 Å². The fraction of sp³-hybridized carbons (Fsp3) is 0.136. The average Bonchev–Trinajstić information content (AvgIpc) is 2.73. The largest absolute Gasteiger partial charge is 0.493 e. The highest BCUT2D eigenvalue weighted by Gasteiger charge is 2.35. The van der Waals surface area contributed by atoms with Crippen LogP contribution in [-0.2, 0) is 12.8 Å². The number of benzene rings is 3. The first kappa shape index (κ1) is 21.9. The van der Waals surface area contributed by atoms with Crippen LogP contribution in [0.15, 0.2) is 70.5 Å². The van der Waals surface area contributed by atoms with Crippen molar-refractivity contribution < 1.29 is 22.6 Å². The molecule has 3 rings (SSSR count). The zero-order chi connectivity index (χ0) is 21.7. The van der Waals surface area contributed by atoms with E-state index in [1.807, 2.05) is 30.3 Å². The fourth-order valence-electron chi connectivity index (χ4n) is 2.68. The maximum atomic E-state index is 13.5. The summed E-state index contributed by atoms with van der Waals surface area (Å²) in [5.41, 5.74) is -0.143. The second-order valence-corrected chi connectivity index (χ2v) is 7.65. The van der Waals surface area contributed by atoms with Crippen molar-refractivity contribution in [3.63, 3.8) is 0 Å². The van der Waals surface area contributed by atoms with Crippen LogP contribution in [-0.4, -0.2) is 7.11 Å². The van der Waals surface area contributed by atoms with Gasteiger partial charge in [0, 0.05) is 14.8 Å². The molecule has 0 saturated carbocycles. The van der Waals surface area contributed by atoms with Gasteiger partial charge in [0.05, 0.1) is 18.2 Å². The van der Waals surface area contributed by atoms with Crippen LogP contribution in [0, 0.1) is 11.3 Å². The quantitative estimate of drug-likeness (QED) is 0.407. The van der Waals surface area contributed by atoms with E-state index in [0.29, 0.717) is 23.0 Å². The first-order valence-corrected chi connectivity index (χ1v) is 9.84. The molecule has 0 atom stereocenters. The maximum Gasteiger partial charge on any atom is 0.417 e. The molecule has 0 saturated heterocycles. The van der Waals surface area contributed by atoms with E-state index in [4.69, 9.17) is 21.1 Å². The number of methoxy groups -OCH3 is 1. The number of halogens is 4. The van der Waals surface area contributed by atoms with E-state index in [1.165, 1.54) is 13.2 Å². The Balaban J connectivity index is 1.90. The van der Waals surface area contributed by atoms with Crippen LogP contribution in [0.5, 0.6) is 11.5 Å². The summed E-state index contributed by atoms with van der Waals surface area (Å²) in [6.45, 7) is 0.317. The SMILES string of the molecule is COc1cc(Sc2c(C#N)cc(Cl)cc2C(F)(F)F)ccc1OCc1ccccc1. The molecule has 0 unspecified atom stereocenters. The van der Waals surface area contributed by atoms with Gasteiger partial charge in [-0.15, -0.1) is 0 Å². The third kappa shape index (κ3) is 5.21. The zero-order valence-corrected chi connectivity index (χ0v) is 17.2. The Hall–Kier alpha value is -2.82. The lowest BCUT2D eigenvalue weighted by Crippen LogP contribution is -2.08. The molecule has 0 bridgehead atoms. The molecule has 0 radical (unpaired) electrons. The van der Waals surface area contributed by atoms with E-state index in [-0.39, 0.29) is 15.5 Å². The minimum atomic E-state index is -4.65. The Labute approximate surface area is 181 Å². The molecule has 0 fully saturated rings. The molecule has 0 aliphatic carbocycles. The number of nitrogens with zero attached hydrogens (tertiary/aromatic N) is 1. The van der Waals surface area contributed by atoms with E-state index < -0.39 is 11.7 Å². The normalized spacial score (nSPS) is 11.1. The lowest BCUT2D eigenvalue weighted by Gasteiger charge is -2.16. The Kier molecular flexibility index (Phi) is 6.80. The topological polar surface area (TPSA) is 42.2 Å². The third-order valence-electron chi connectivity index (χ3n) is 4.07. The summed E-state index contributed by atoms with van der Waals surface area (Å²) in [6, 6.07) is 18.2. The highest BCUT2D eigenvalue weighted by atomic mass is 35.5. The van der Waals surface area contributed by atoms with Gasteiger partial charge in [-0.3, -0.25) is 0 Å². The first-order valence-electron chi connectivity index (χ1n) is 8.65. The van der Waals surface area contributed by atoms with E-state index >= 15 is 0 Å². The van der Waals surface area contributed by atoms with Crippen molar-refractivity contribution >= 4 is 23.4 Å². The third-order valence-corrected chi connectivity index (χ3v) is 5.42. The predicted molar refractivity (Wildman–Crippen MR) is 109 cm³/mol. The molecule has 0 spiro atoms. The zero-order valence-electron chi connectivity index (χ0n) is 15.7. The Morgan fingerprint density at radius 2 is 1.77 bits per heavy atom. The Morgan fingerprint density at radius 3 is 2.40 bits per heavy atom. The summed E-state index contributed by atoms with van der Waals surface area (Å²) >= 11 is 6.58. The van der Waals surface area contributed by atoms with Gasteiger partial charge in [0.1, 0.15) is 12.7 Å². The minimum absolute atomic E-state index is 0.148. The van der Waals surface area contributed by atoms with Gasteiger partial charge in [-0.25, -0.2) is 0 Å². The van der Waals surface area contributed by atoms with Crippen molar-refractivity contribution in [1.29, 1.82) is 5.26 Å². The molecule has 0 amide bonds. The Morgan fingerprint density at radius 1 is 1.03 bits per heavy atom. The number of rotatable bonds is 6. The number of ether oxygens (including phenoxy) is 2. The van der Waals surface area contributed by atoms with E-state index in [1.54, 1.807) is 24.3 Å². The highest BCUT2D eigenvalue weighted by molar-refractivity contribution is 7.99. The van der Waals surface area contributed by atoms with Crippen LogP contribution in [0.4, 0.5) is 13.2 Å². The highest BCUT2D eigenvalue weighted by Crippen LogP contribution is 2.44. The van der Waals surface area contributed by atoms with E-state index in [2.05, 4.69) is 0 Å². The summed E-state index contributed by atoms with van der Waals surface area (Å²) in [6.07, 6.45) is -4.65. The molecule has 0 aliphatic rings. The maximum absolute atomic E-state index is 13.5. The van der Waals surface area contributed by atoms with Crippen molar-refractivity contribution in [2.75, 3.05) is 7.11 Å². The lowest BCUT2D eigenvalue weighted by atomic mass is 10.1. The van der Waals surface area contributed by atoms with E-state index in [9.17, 15) is 18.4 Å². The monoisotopic (exact) mass is 449 g/mol. The number of hydrogen-bond donors (Lipinski definition) is 0. The number of hydrogen-bond acceptors (Lipinski definition) is 4. The smallest absolute Gasteiger partial charge is 0.417 e. The summed E-state index contributed by atoms with van der Waals surface area (Å²) < 4.78 is 51.6. The molecule has 154 valence electrons. The van der Waals surface area contributed by atoms with Crippen molar-refractivity contribution in [3.8, 4) is 17.6 Å². The van der Waals surface area contributed by atoms with Crippen LogP contribution >= 0.6 is 23.4 Å². The fourth-order valence-corrected chi connectivity index (χ4v) is 3.94. The average molecular weight is 450 g/mol. The number of nitriles is 1. The van der Waals surface area contributed by atoms with Crippen LogP contribution < -0.4 is 9.47 Å². The second-order valence-electron chi connectivity index (χ2n) is 6.13. The van der Waals surface area contributed by atoms with Crippen LogP contribution in [0.2, 0.25) is 5.02 Å². The predicted octanol–water partition coefficient (Wildman–Crippen LogP) is 6.97. The van der Waals surface area contributed by atoms with Gasteiger partial charge in [0.2, 0.25) is 0 Å². The minimum Gasteiger partial charge on any atom is -0.493 e. The van der Waals surface area contributed by atoms with Crippen LogP contribution in [0.25, 0.3) is 0 Å². The van der Waals surface area contributed by atoms with Gasteiger partial charge in [-0.2, -0.15) is 18.4 Å². The number of alkyl halides is 3. The van der Waals surface area contributed by atoms with Gasteiger partial charge in [0.25, 0.3) is 0 Å². The molecule has 0 heterocycles. The molecule has 3 aromatic rings. The molecular formula is C22H15ClF3NO2S. The van der Waals surface area contributed by atoms with Crippen molar-refractivity contribution in [2.24, 2.45) is 0 Å². The summed E-state index contributed by atoms with van der Waals surface area (Å²) in [7, 11) is 1.45. The first-order chi connectivity index (χ1) is 14.3. The lowest BCUT2D eigenvalue weighted by molar-refractivity contribution is -0.139. The van der Waals surface area contributed by atoms with Crippen LogP contribution in [0.3, 0.4) is 0 Å². The molecule has 0 N–H and O–H groups in total. The molecule has 0 aromatic heterocycles. The molecular weight excluding hydrogens is 435 g/mol. The summed E-state index contributed by atoms with van der Waals surface area (Å²) in [5.74, 6) is 0.829. The summed E-state index contributed by atoms with van der Waals surface area (Å²) in [5, 5.41) is 9.15. The van der Waals surface area contributed by atoms with Gasteiger partial charge < -0.3 is 9.47 Å². The summed E-state index contributed by atoms with van der Waals surface area (Å²) in [4.78, 5) is 0.248. The molecule has 3 nitrogen and oxygen atoms in total. The molecule has 8 heteroatoms. The van der Waals surface area contributed by atoms with Crippen molar-refractivity contribution in [1.82, 2.24) is 0 Å². The second kappa shape index (κ2) is 9.33. The van der Waals surface area contributed by atoms with Crippen molar-refractivity contribution in [3.05, 3.63) is 82.4 Å². The van der Waals surface area contributed by atoms with Gasteiger partial charge in [-0.05, 0) is 35.9 Å². The molecule has 0 aliphatic heterocycles. The Bertz CT molecular complexity index is 1080. The van der Waals surface area contributed by atoms with Crippen LogP contribution in [0.1, 0.15) is 16.7 Å².